The monoisotopic (exact) mass is 563 g/mol. The molecule has 2 saturated carbocycles. The van der Waals surface area contributed by atoms with Crippen LogP contribution in [0.2, 0.25) is 0 Å². The first-order valence-electron chi connectivity index (χ1n) is 15.2. The number of aromatic nitrogens is 2. The molecule has 6 rings (SSSR count). The van der Waals surface area contributed by atoms with Crippen LogP contribution in [-0.2, 0) is 14.4 Å². The number of carboxylic acids is 1. The number of fused-ring (bicyclic) bond motifs is 5. The predicted molar refractivity (Wildman–Crippen MR) is 155 cm³/mol. The van der Waals surface area contributed by atoms with Crippen molar-refractivity contribution in [2.45, 2.75) is 114 Å². The number of benzene rings is 1. The van der Waals surface area contributed by atoms with Crippen molar-refractivity contribution in [1.29, 1.82) is 0 Å². The van der Waals surface area contributed by atoms with Crippen molar-refractivity contribution in [3.63, 3.8) is 0 Å². The third kappa shape index (κ3) is 5.27. The van der Waals surface area contributed by atoms with Gasteiger partial charge in [-0.15, -0.1) is 0 Å². The Bertz CT molecular complexity index is 1410. The molecule has 3 N–H and O–H groups in total. The van der Waals surface area contributed by atoms with Gasteiger partial charge in [-0.2, -0.15) is 0 Å². The Kier molecular flexibility index (Phi) is 7.38. The zero-order chi connectivity index (χ0) is 28.9. The van der Waals surface area contributed by atoms with Crippen LogP contribution in [0.25, 0.3) is 11.0 Å². The third-order valence-corrected chi connectivity index (χ3v) is 10.0. The van der Waals surface area contributed by atoms with Crippen molar-refractivity contribution in [3.05, 3.63) is 40.3 Å². The van der Waals surface area contributed by atoms with E-state index in [2.05, 4.69) is 15.0 Å². The molecule has 220 valence electrons. The summed E-state index contributed by atoms with van der Waals surface area (Å²) in [5, 5.41) is 13.2. The minimum atomic E-state index is -1.72. The number of hydrogen-bond acceptors (Lipinski definition) is 7. The Hall–Kier alpha value is -3.27. The van der Waals surface area contributed by atoms with Crippen LogP contribution in [0, 0.1) is 11.8 Å². The fraction of sp³-hybridized carbons (Fsp3) is 0.645. The average molecular weight is 564 g/mol. The number of rotatable bonds is 7. The number of aliphatic carboxylic acids is 1. The van der Waals surface area contributed by atoms with Crippen LogP contribution in [0.5, 0.6) is 0 Å². The molecule has 1 aromatic carbocycles. The third-order valence-electron chi connectivity index (χ3n) is 10.0. The number of primary amides is 1. The Morgan fingerprint density at radius 3 is 2.22 bits per heavy atom. The van der Waals surface area contributed by atoms with Gasteiger partial charge in [-0.05, 0) is 82.8 Å². The second-order valence-electron chi connectivity index (χ2n) is 13.2. The van der Waals surface area contributed by atoms with Crippen molar-refractivity contribution in [1.82, 2.24) is 14.5 Å². The standard InChI is InChI=1S/C31H41N5O5/c1-31(2,30(39)40)41-34-26(28(32)37)27-29(38)36(25-12-4-3-11-24(25)33-27)23-16-20-9-6-10-21(17-23)35(20)22-14-18-7-5-8-19(13-18)15-22/h3-4,11-12,18-23H,5-10,13-17H2,1-2H3,(H2,32,37)(H,39,40)/b34-26-. The number of piperidine rings is 2. The van der Waals surface area contributed by atoms with Gasteiger partial charge in [0, 0.05) is 24.2 Å². The van der Waals surface area contributed by atoms with Crippen LogP contribution >= 0.6 is 0 Å². The summed E-state index contributed by atoms with van der Waals surface area (Å²) in [5.74, 6) is -0.554. The molecular weight excluding hydrogens is 522 g/mol. The SMILES string of the molecule is CC(C)(O/N=C(\C(N)=O)c1nc2ccccc2n(C2CC3CCCC(C2)N3C2CC3CCCC(C3)C2)c1=O)C(=O)O. The molecule has 10 heteroatoms. The molecule has 2 aromatic rings. The second kappa shape index (κ2) is 10.9. The van der Waals surface area contributed by atoms with Crippen molar-refractivity contribution in [2.24, 2.45) is 22.7 Å². The summed E-state index contributed by atoms with van der Waals surface area (Å²) >= 11 is 0. The van der Waals surface area contributed by atoms with Crippen LogP contribution in [0.15, 0.2) is 34.2 Å². The minimum absolute atomic E-state index is 0.0608. The van der Waals surface area contributed by atoms with E-state index in [4.69, 9.17) is 10.6 Å². The molecule has 4 bridgehead atoms. The number of carbonyl (C=O) groups is 2. The van der Waals surface area contributed by atoms with Crippen molar-refractivity contribution in [3.8, 4) is 0 Å². The highest BCUT2D eigenvalue weighted by molar-refractivity contribution is 6.44. The number of amides is 1. The number of nitrogens with two attached hydrogens (primary N) is 1. The fourth-order valence-electron chi connectivity index (χ4n) is 8.21. The lowest BCUT2D eigenvalue weighted by atomic mass is 9.68. The Morgan fingerprint density at radius 2 is 1.59 bits per heavy atom. The van der Waals surface area contributed by atoms with E-state index in [1.54, 1.807) is 10.6 Å². The topological polar surface area (TPSA) is 140 Å². The van der Waals surface area contributed by atoms with Crippen molar-refractivity contribution < 1.29 is 19.5 Å². The first kappa shape index (κ1) is 27.9. The van der Waals surface area contributed by atoms with E-state index in [0.29, 0.717) is 29.2 Å². The van der Waals surface area contributed by atoms with E-state index in [1.165, 1.54) is 58.8 Å². The molecule has 3 heterocycles. The smallest absolute Gasteiger partial charge is 0.350 e. The van der Waals surface area contributed by atoms with Gasteiger partial charge < -0.3 is 20.2 Å². The highest BCUT2D eigenvalue weighted by Crippen LogP contribution is 2.47. The second-order valence-corrected chi connectivity index (χ2v) is 13.2. The fourth-order valence-corrected chi connectivity index (χ4v) is 8.21. The van der Waals surface area contributed by atoms with Crippen LogP contribution in [-0.4, -0.2) is 60.9 Å². The minimum Gasteiger partial charge on any atom is -0.478 e. The largest absolute Gasteiger partial charge is 0.478 e. The van der Waals surface area contributed by atoms with Crippen molar-refractivity contribution in [2.75, 3.05) is 0 Å². The summed E-state index contributed by atoms with van der Waals surface area (Å²) in [5.41, 5.74) is 4.01. The van der Waals surface area contributed by atoms with E-state index >= 15 is 0 Å². The van der Waals surface area contributed by atoms with Gasteiger partial charge in [-0.3, -0.25) is 14.5 Å². The van der Waals surface area contributed by atoms with Gasteiger partial charge in [-0.25, -0.2) is 9.78 Å². The molecular formula is C31H41N5O5. The molecule has 4 fully saturated rings. The van der Waals surface area contributed by atoms with Crippen molar-refractivity contribution >= 4 is 28.6 Å². The van der Waals surface area contributed by atoms with Gasteiger partial charge in [0.05, 0.1) is 11.0 Å². The lowest BCUT2D eigenvalue weighted by Gasteiger charge is -2.55. The molecule has 2 aliphatic carbocycles. The van der Waals surface area contributed by atoms with Crippen LogP contribution in [0.3, 0.4) is 0 Å². The summed E-state index contributed by atoms with van der Waals surface area (Å²) in [7, 11) is 0. The number of nitrogens with zero attached hydrogens (tertiary/aromatic N) is 4. The maximum absolute atomic E-state index is 14.1. The molecule has 41 heavy (non-hydrogen) atoms. The lowest BCUT2D eigenvalue weighted by molar-refractivity contribution is -0.161. The highest BCUT2D eigenvalue weighted by atomic mass is 16.7. The number of hydrogen-bond donors (Lipinski definition) is 2. The molecule has 0 radical (unpaired) electrons. The molecule has 4 unspecified atom stereocenters. The maximum Gasteiger partial charge on any atom is 0.350 e. The number of para-hydroxylation sites is 2. The average Bonchev–Trinajstić information content (AvgIpc) is 2.92. The van der Waals surface area contributed by atoms with Gasteiger partial charge in [-0.1, -0.05) is 43.0 Å². The number of carboxylic acid groups (broad SMARTS) is 1. The van der Waals surface area contributed by atoms with Gasteiger partial charge >= 0.3 is 5.97 Å². The molecule has 4 aliphatic rings. The highest BCUT2D eigenvalue weighted by Gasteiger charge is 2.45. The first-order valence-corrected chi connectivity index (χ1v) is 15.2. The molecule has 1 amide bonds. The molecule has 1 aromatic heterocycles. The van der Waals surface area contributed by atoms with Gasteiger partial charge in [0.15, 0.2) is 11.4 Å². The molecule has 2 saturated heterocycles. The Balaban J connectivity index is 1.37. The van der Waals surface area contributed by atoms with E-state index in [1.807, 2.05) is 18.2 Å². The Labute approximate surface area is 239 Å². The summed E-state index contributed by atoms with van der Waals surface area (Å²) in [4.78, 5) is 50.7. The normalized spacial score (nSPS) is 30.6. The summed E-state index contributed by atoms with van der Waals surface area (Å²) in [6.07, 6.45) is 13.4. The quantitative estimate of drug-likeness (QED) is 0.383. The van der Waals surface area contributed by atoms with Gasteiger partial charge in [0.1, 0.15) is 0 Å². The van der Waals surface area contributed by atoms with Gasteiger partial charge in [0.2, 0.25) is 5.60 Å². The molecule has 4 atom stereocenters. The molecule has 2 aliphatic heterocycles. The van der Waals surface area contributed by atoms with Crippen LogP contribution in [0.4, 0.5) is 0 Å². The summed E-state index contributed by atoms with van der Waals surface area (Å²) < 4.78 is 1.79. The zero-order valence-corrected chi connectivity index (χ0v) is 24.0. The maximum atomic E-state index is 14.1. The number of oxime groups is 1. The molecule has 10 nitrogen and oxygen atoms in total. The first-order chi connectivity index (χ1) is 19.6. The zero-order valence-electron chi connectivity index (χ0n) is 24.0. The summed E-state index contributed by atoms with van der Waals surface area (Å²) in [6.45, 7) is 2.60. The Morgan fingerprint density at radius 1 is 0.951 bits per heavy atom. The van der Waals surface area contributed by atoms with E-state index < -0.39 is 28.7 Å². The molecule has 0 spiro atoms. The van der Waals surface area contributed by atoms with E-state index in [0.717, 1.165) is 37.5 Å². The summed E-state index contributed by atoms with van der Waals surface area (Å²) in [6, 6.07) is 8.82. The van der Waals surface area contributed by atoms with E-state index in [-0.39, 0.29) is 11.7 Å². The lowest BCUT2D eigenvalue weighted by Crippen LogP contribution is -2.58. The van der Waals surface area contributed by atoms with Gasteiger partial charge in [0.25, 0.3) is 11.5 Å². The van der Waals surface area contributed by atoms with E-state index in [9.17, 15) is 19.5 Å². The van der Waals surface area contributed by atoms with Crippen LogP contribution < -0.4 is 11.3 Å². The van der Waals surface area contributed by atoms with Crippen LogP contribution in [0.1, 0.15) is 96.2 Å². The predicted octanol–water partition coefficient (Wildman–Crippen LogP) is 3.99. The number of carbonyl (C=O) groups excluding carboxylic acids is 1.